The SMILES string of the molecule is COC(=O)C(CC(C)C)NC(=O)c1sccc1Br. The number of esters is 1. The van der Waals surface area contributed by atoms with E-state index in [1.54, 1.807) is 6.07 Å². The summed E-state index contributed by atoms with van der Waals surface area (Å²) in [5, 5.41) is 4.52. The van der Waals surface area contributed by atoms with E-state index in [9.17, 15) is 9.59 Å². The number of halogens is 1. The molecule has 100 valence electrons. The molecular weight excluding hydrogens is 318 g/mol. The number of methoxy groups -OCH3 is 1. The van der Waals surface area contributed by atoms with Crippen LogP contribution >= 0.6 is 27.3 Å². The maximum Gasteiger partial charge on any atom is 0.328 e. The number of rotatable bonds is 5. The van der Waals surface area contributed by atoms with Crippen LogP contribution in [0.1, 0.15) is 29.9 Å². The molecule has 0 fully saturated rings. The van der Waals surface area contributed by atoms with Crippen molar-refractivity contribution in [3.63, 3.8) is 0 Å². The lowest BCUT2D eigenvalue weighted by molar-refractivity contribution is -0.143. The van der Waals surface area contributed by atoms with E-state index in [0.29, 0.717) is 17.2 Å². The van der Waals surface area contributed by atoms with Crippen LogP contribution in [-0.4, -0.2) is 25.0 Å². The van der Waals surface area contributed by atoms with Crippen molar-refractivity contribution in [3.8, 4) is 0 Å². The second kappa shape index (κ2) is 6.89. The minimum absolute atomic E-state index is 0.257. The van der Waals surface area contributed by atoms with E-state index in [1.165, 1.54) is 18.4 Å². The van der Waals surface area contributed by atoms with Crippen LogP contribution in [0.5, 0.6) is 0 Å². The second-order valence-corrected chi connectivity index (χ2v) is 6.05. The van der Waals surface area contributed by atoms with Gasteiger partial charge in [-0.05, 0) is 39.7 Å². The first-order valence-corrected chi connectivity index (χ1v) is 7.24. The molecular formula is C12H16BrNO3S. The highest BCUT2D eigenvalue weighted by Crippen LogP contribution is 2.22. The van der Waals surface area contributed by atoms with Gasteiger partial charge < -0.3 is 10.1 Å². The average molecular weight is 334 g/mol. The molecule has 18 heavy (non-hydrogen) atoms. The highest BCUT2D eigenvalue weighted by molar-refractivity contribution is 9.10. The molecule has 1 aromatic rings. The molecule has 0 aliphatic heterocycles. The normalized spacial score (nSPS) is 12.3. The number of nitrogens with one attached hydrogen (secondary N) is 1. The van der Waals surface area contributed by atoms with Crippen molar-refractivity contribution >= 4 is 39.1 Å². The molecule has 6 heteroatoms. The largest absolute Gasteiger partial charge is 0.467 e. The van der Waals surface area contributed by atoms with Crippen LogP contribution in [0.25, 0.3) is 0 Å². The fourth-order valence-corrected chi connectivity index (χ4v) is 2.96. The molecule has 0 saturated heterocycles. The summed E-state index contributed by atoms with van der Waals surface area (Å²) >= 11 is 4.62. The van der Waals surface area contributed by atoms with E-state index in [4.69, 9.17) is 4.74 Å². The Morgan fingerprint density at radius 2 is 2.17 bits per heavy atom. The summed E-state index contributed by atoms with van der Waals surface area (Å²) in [5.74, 6) is -0.376. The monoisotopic (exact) mass is 333 g/mol. The lowest BCUT2D eigenvalue weighted by atomic mass is 10.0. The molecule has 0 saturated carbocycles. The Labute approximate surface area is 119 Å². The zero-order chi connectivity index (χ0) is 13.7. The van der Waals surface area contributed by atoms with Gasteiger partial charge in [0.05, 0.1) is 7.11 Å². The molecule has 1 atom stereocenters. The van der Waals surface area contributed by atoms with E-state index < -0.39 is 12.0 Å². The van der Waals surface area contributed by atoms with Crippen LogP contribution in [0.3, 0.4) is 0 Å². The van der Waals surface area contributed by atoms with Gasteiger partial charge in [0, 0.05) is 4.47 Å². The molecule has 0 aliphatic rings. The summed E-state index contributed by atoms with van der Waals surface area (Å²) in [4.78, 5) is 24.2. The summed E-state index contributed by atoms with van der Waals surface area (Å²) in [6.45, 7) is 3.98. The molecule has 1 aromatic heterocycles. The lowest BCUT2D eigenvalue weighted by Crippen LogP contribution is -2.42. The van der Waals surface area contributed by atoms with E-state index in [2.05, 4.69) is 21.2 Å². The van der Waals surface area contributed by atoms with Gasteiger partial charge in [0.1, 0.15) is 10.9 Å². The van der Waals surface area contributed by atoms with Gasteiger partial charge in [0.2, 0.25) is 0 Å². The zero-order valence-corrected chi connectivity index (χ0v) is 12.9. The second-order valence-electron chi connectivity index (χ2n) is 4.28. The van der Waals surface area contributed by atoms with Gasteiger partial charge in [-0.3, -0.25) is 4.79 Å². The molecule has 0 aliphatic carbocycles. The maximum atomic E-state index is 12.0. The summed E-state index contributed by atoms with van der Waals surface area (Å²) in [6, 6.07) is 1.20. The smallest absolute Gasteiger partial charge is 0.328 e. The van der Waals surface area contributed by atoms with Gasteiger partial charge in [-0.2, -0.15) is 0 Å². The van der Waals surface area contributed by atoms with Crippen LogP contribution in [0.4, 0.5) is 0 Å². The van der Waals surface area contributed by atoms with Crippen LogP contribution in [0, 0.1) is 5.92 Å². The number of carbonyl (C=O) groups is 2. The Balaban J connectivity index is 2.74. The first kappa shape index (κ1) is 15.2. The molecule has 1 rings (SSSR count). The van der Waals surface area contributed by atoms with Crippen molar-refractivity contribution in [3.05, 3.63) is 20.8 Å². The van der Waals surface area contributed by atoms with Crippen molar-refractivity contribution in [2.75, 3.05) is 7.11 Å². The minimum atomic E-state index is -0.600. The van der Waals surface area contributed by atoms with Gasteiger partial charge in [-0.25, -0.2) is 4.79 Å². The van der Waals surface area contributed by atoms with E-state index in [-0.39, 0.29) is 5.91 Å². The Bertz CT molecular complexity index is 431. The van der Waals surface area contributed by atoms with Crippen molar-refractivity contribution in [2.24, 2.45) is 5.92 Å². The predicted octanol–water partition coefficient (Wildman–Crippen LogP) is 2.83. The van der Waals surface area contributed by atoms with Crippen molar-refractivity contribution in [2.45, 2.75) is 26.3 Å². The number of hydrogen-bond donors (Lipinski definition) is 1. The Morgan fingerprint density at radius 3 is 2.61 bits per heavy atom. The van der Waals surface area contributed by atoms with Gasteiger partial charge in [-0.15, -0.1) is 11.3 Å². The molecule has 4 nitrogen and oxygen atoms in total. The van der Waals surface area contributed by atoms with Crippen LogP contribution < -0.4 is 5.32 Å². The zero-order valence-electron chi connectivity index (χ0n) is 10.5. The molecule has 0 radical (unpaired) electrons. The molecule has 1 unspecified atom stereocenters. The topological polar surface area (TPSA) is 55.4 Å². The highest BCUT2D eigenvalue weighted by Gasteiger charge is 2.24. The van der Waals surface area contributed by atoms with Gasteiger partial charge in [0.25, 0.3) is 5.91 Å². The van der Waals surface area contributed by atoms with E-state index in [0.717, 1.165) is 4.47 Å². The average Bonchev–Trinajstić information content (AvgIpc) is 2.73. The predicted molar refractivity (Wildman–Crippen MR) is 74.7 cm³/mol. The third-order valence-electron chi connectivity index (χ3n) is 2.32. The van der Waals surface area contributed by atoms with Crippen LogP contribution in [0.15, 0.2) is 15.9 Å². The molecule has 1 heterocycles. The van der Waals surface area contributed by atoms with Crippen molar-refractivity contribution in [1.29, 1.82) is 0 Å². The summed E-state index contributed by atoms with van der Waals surface area (Å²) in [6.07, 6.45) is 0.557. The Morgan fingerprint density at radius 1 is 1.50 bits per heavy atom. The number of ether oxygens (including phenoxy) is 1. The van der Waals surface area contributed by atoms with E-state index in [1.807, 2.05) is 19.2 Å². The van der Waals surface area contributed by atoms with Crippen molar-refractivity contribution in [1.82, 2.24) is 5.32 Å². The summed E-state index contributed by atoms with van der Waals surface area (Å²) < 4.78 is 5.43. The van der Waals surface area contributed by atoms with E-state index >= 15 is 0 Å². The minimum Gasteiger partial charge on any atom is -0.467 e. The molecule has 0 bridgehead atoms. The van der Waals surface area contributed by atoms with Gasteiger partial charge in [0.15, 0.2) is 0 Å². The lowest BCUT2D eigenvalue weighted by Gasteiger charge is -2.17. The first-order valence-electron chi connectivity index (χ1n) is 5.57. The number of thiophene rings is 1. The fourth-order valence-electron chi connectivity index (χ4n) is 1.51. The Hall–Kier alpha value is -0.880. The first-order chi connectivity index (χ1) is 8.45. The number of amides is 1. The van der Waals surface area contributed by atoms with Crippen molar-refractivity contribution < 1.29 is 14.3 Å². The molecule has 1 N–H and O–H groups in total. The summed E-state index contributed by atoms with van der Waals surface area (Å²) in [5.41, 5.74) is 0. The Kier molecular flexibility index (Phi) is 5.81. The maximum absolute atomic E-state index is 12.0. The van der Waals surface area contributed by atoms with Crippen LogP contribution in [0.2, 0.25) is 0 Å². The highest BCUT2D eigenvalue weighted by atomic mass is 79.9. The molecule has 1 amide bonds. The molecule has 0 spiro atoms. The van der Waals surface area contributed by atoms with Gasteiger partial charge in [-0.1, -0.05) is 13.8 Å². The number of hydrogen-bond acceptors (Lipinski definition) is 4. The quantitative estimate of drug-likeness (QED) is 0.843. The molecule has 0 aromatic carbocycles. The van der Waals surface area contributed by atoms with Crippen LogP contribution in [-0.2, 0) is 9.53 Å². The standard InChI is InChI=1S/C12H16BrNO3S/c1-7(2)6-9(12(16)17-3)14-11(15)10-8(13)4-5-18-10/h4-5,7,9H,6H2,1-3H3,(H,14,15). The summed E-state index contributed by atoms with van der Waals surface area (Å²) in [7, 11) is 1.32. The third kappa shape index (κ3) is 4.10. The third-order valence-corrected chi connectivity index (χ3v) is 4.16. The fraction of sp³-hybridized carbons (Fsp3) is 0.500. The number of carbonyl (C=O) groups excluding carboxylic acids is 2. The van der Waals surface area contributed by atoms with Gasteiger partial charge >= 0.3 is 5.97 Å².